The highest BCUT2D eigenvalue weighted by Gasteiger charge is 2.02. The highest BCUT2D eigenvalue weighted by Crippen LogP contribution is 2.15. The summed E-state index contributed by atoms with van der Waals surface area (Å²) in [5.74, 6) is 0.477. The molecule has 1 rings (SSSR count). The number of halogens is 1. The van der Waals surface area contributed by atoms with Crippen LogP contribution in [0.3, 0.4) is 0 Å². The summed E-state index contributed by atoms with van der Waals surface area (Å²) < 4.78 is 6.28. The van der Waals surface area contributed by atoms with Gasteiger partial charge in [-0.2, -0.15) is 0 Å². The minimum absolute atomic E-state index is 0.0127. The first-order chi connectivity index (χ1) is 9.58. The van der Waals surface area contributed by atoms with Crippen LogP contribution in [0.2, 0.25) is 0 Å². The van der Waals surface area contributed by atoms with Gasteiger partial charge < -0.3 is 21.1 Å². The Labute approximate surface area is 126 Å². The molecule has 0 fully saturated rings. The molecule has 4 N–H and O–H groups in total. The number of unbranched alkanes of at least 4 members (excludes halogenated alkanes) is 1. The molecule has 0 bridgehead atoms. The maximum atomic E-state index is 11.5. The van der Waals surface area contributed by atoms with Gasteiger partial charge in [0, 0.05) is 17.6 Å². The zero-order valence-electron chi connectivity index (χ0n) is 11.0. The third kappa shape index (κ3) is 7.63. The van der Waals surface area contributed by atoms with E-state index in [4.69, 9.17) is 10.5 Å². The summed E-state index contributed by atoms with van der Waals surface area (Å²) in [5, 5.41) is 5.22. The van der Waals surface area contributed by atoms with E-state index < -0.39 is 6.03 Å². The van der Waals surface area contributed by atoms with Crippen LogP contribution < -0.4 is 21.1 Å². The third-order valence-electron chi connectivity index (χ3n) is 2.41. The lowest BCUT2D eigenvalue weighted by Crippen LogP contribution is -2.32. The first-order valence-electron chi connectivity index (χ1n) is 6.26. The van der Waals surface area contributed by atoms with E-state index in [1.165, 1.54) is 0 Å². The Hall–Kier alpha value is -1.76. The van der Waals surface area contributed by atoms with Crippen LogP contribution in [-0.2, 0) is 4.79 Å². The van der Waals surface area contributed by atoms with Crippen molar-refractivity contribution in [2.24, 2.45) is 5.73 Å². The zero-order valence-corrected chi connectivity index (χ0v) is 12.6. The van der Waals surface area contributed by atoms with Gasteiger partial charge in [-0.3, -0.25) is 4.79 Å². The highest BCUT2D eigenvalue weighted by atomic mass is 79.9. The number of hydrogen-bond acceptors (Lipinski definition) is 3. The average Bonchev–Trinajstić information content (AvgIpc) is 2.41. The van der Waals surface area contributed by atoms with Gasteiger partial charge in [-0.25, -0.2) is 4.79 Å². The minimum Gasteiger partial charge on any atom is -0.484 e. The van der Waals surface area contributed by atoms with Gasteiger partial charge >= 0.3 is 6.03 Å². The standard InChI is InChI=1S/C13H18BrN3O3/c14-10-3-5-11(6-4-10)20-9-12(18)16-7-1-2-8-17-13(15)19/h3-6H,1-2,7-9H2,(H,16,18)(H3,15,17,19). The van der Waals surface area contributed by atoms with Crippen molar-refractivity contribution in [3.05, 3.63) is 28.7 Å². The van der Waals surface area contributed by atoms with Crippen LogP contribution >= 0.6 is 15.9 Å². The fourth-order valence-corrected chi connectivity index (χ4v) is 1.68. The van der Waals surface area contributed by atoms with Crippen molar-refractivity contribution in [2.75, 3.05) is 19.7 Å². The molecule has 0 aliphatic carbocycles. The number of nitrogens with two attached hydrogens (primary N) is 1. The molecule has 0 aliphatic heterocycles. The Morgan fingerprint density at radius 2 is 1.70 bits per heavy atom. The fourth-order valence-electron chi connectivity index (χ4n) is 1.42. The van der Waals surface area contributed by atoms with Gasteiger partial charge in [0.15, 0.2) is 6.61 Å². The summed E-state index contributed by atoms with van der Waals surface area (Å²) in [6.45, 7) is 1.05. The molecule has 3 amide bonds. The summed E-state index contributed by atoms with van der Waals surface area (Å²) in [6.07, 6.45) is 1.53. The number of benzene rings is 1. The molecule has 7 heteroatoms. The topological polar surface area (TPSA) is 93.5 Å². The summed E-state index contributed by atoms with van der Waals surface area (Å²) in [5.41, 5.74) is 4.92. The van der Waals surface area contributed by atoms with Gasteiger partial charge in [-0.1, -0.05) is 15.9 Å². The second-order valence-electron chi connectivity index (χ2n) is 4.09. The van der Waals surface area contributed by atoms with Gasteiger partial charge in [-0.05, 0) is 37.1 Å². The van der Waals surface area contributed by atoms with Crippen molar-refractivity contribution in [3.8, 4) is 5.75 Å². The molecule has 0 saturated heterocycles. The second kappa shape index (κ2) is 9.19. The van der Waals surface area contributed by atoms with Gasteiger partial charge in [0.25, 0.3) is 5.91 Å². The van der Waals surface area contributed by atoms with Crippen LogP contribution in [0, 0.1) is 0 Å². The van der Waals surface area contributed by atoms with Gasteiger partial charge in [0.05, 0.1) is 0 Å². The quantitative estimate of drug-likeness (QED) is 0.622. The summed E-state index contributed by atoms with van der Waals surface area (Å²) in [4.78, 5) is 21.9. The lowest BCUT2D eigenvalue weighted by atomic mass is 10.3. The monoisotopic (exact) mass is 343 g/mol. The lowest BCUT2D eigenvalue weighted by Gasteiger charge is -2.07. The lowest BCUT2D eigenvalue weighted by molar-refractivity contribution is -0.123. The van der Waals surface area contributed by atoms with E-state index in [2.05, 4.69) is 26.6 Å². The fraction of sp³-hybridized carbons (Fsp3) is 0.385. The Bertz CT molecular complexity index is 437. The van der Waals surface area contributed by atoms with Crippen molar-refractivity contribution >= 4 is 27.9 Å². The van der Waals surface area contributed by atoms with Crippen LogP contribution in [0.4, 0.5) is 4.79 Å². The van der Waals surface area contributed by atoms with E-state index in [0.29, 0.717) is 18.8 Å². The molecule has 0 heterocycles. The Morgan fingerprint density at radius 1 is 1.10 bits per heavy atom. The molecule has 0 saturated carbocycles. The van der Waals surface area contributed by atoms with Crippen LogP contribution in [0.5, 0.6) is 5.75 Å². The molecule has 0 atom stereocenters. The highest BCUT2D eigenvalue weighted by molar-refractivity contribution is 9.10. The number of urea groups is 1. The van der Waals surface area contributed by atoms with Crippen molar-refractivity contribution in [1.29, 1.82) is 0 Å². The predicted octanol–water partition coefficient (Wildman–Crippen LogP) is 1.39. The van der Waals surface area contributed by atoms with E-state index in [1.54, 1.807) is 12.1 Å². The molecule has 1 aromatic rings. The van der Waals surface area contributed by atoms with E-state index in [1.807, 2.05) is 12.1 Å². The average molecular weight is 344 g/mol. The van der Waals surface area contributed by atoms with Crippen LogP contribution in [0.1, 0.15) is 12.8 Å². The molecule has 0 radical (unpaired) electrons. The summed E-state index contributed by atoms with van der Waals surface area (Å²) in [6, 6.07) is 6.73. The molecule has 0 spiro atoms. The molecular formula is C13H18BrN3O3. The molecule has 6 nitrogen and oxygen atoms in total. The van der Waals surface area contributed by atoms with Crippen molar-refractivity contribution in [2.45, 2.75) is 12.8 Å². The van der Waals surface area contributed by atoms with Gasteiger partial charge in [0.2, 0.25) is 0 Å². The maximum Gasteiger partial charge on any atom is 0.312 e. The Balaban J connectivity index is 2.06. The van der Waals surface area contributed by atoms with Gasteiger partial charge in [-0.15, -0.1) is 0 Å². The maximum absolute atomic E-state index is 11.5. The molecule has 0 aliphatic rings. The van der Waals surface area contributed by atoms with E-state index >= 15 is 0 Å². The largest absolute Gasteiger partial charge is 0.484 e. The van der Waals surface area contributed by atoms with Gasteiger partial charge in [0.1, 0.15) is 5.75 Å². The smallest absolute Gasteiger partial charge is 0.312 e. The number of hydrogen-bond donors (Lipinski definition) is 3. The summed E-state index contributed by atoms with van der Waals surface area (Å²) in [7, 11) is 0. The number of nitrogens with one attached hydrogen (secondary N) is 2. The Morgan fingerprint density at radius 3 is 2.30 bits per heavy atom. The van der Waals surface area contributed by atoms with Crippen molar-refractivity contribution < 1.29 is 14.3 Å². The first kappa shape index (κ1) is 16.3. The number of carbonyl (C=O) groups is 2. The molecule has 110 valence electrons. The molecular weight excluding hydrogens is 326 g/mol. The first-order valence-corrected chi connectivity index (χ1v) is 7.05. The normalized spacial score (nSPS) is 9.85. The predicted molar refractivity (Wildman–Crippen MR) is 79.5 cm³/mol. The molecule has 0 aromatic heterocycles. The zero-order chi connectivity index (χ0) is 14.8. The van der Waals surface area contributed by atoms with E-state index in [0.717, 1.165) is 17.3 Å². The molecule has 0 unspecified atom stereocenters. The molecule has 1 aromatic carbocycles. The van der Waals surface area contributed by atoms with Crippen molar-refractivity contribution in [3.63, 3.8) is 0 Å². The number of rotatable bonds is 8. The van der Waals surface area contributed by atoms with Crippen molar-refractivity contribution in [1.82, 2.24) is 10.6 Å². The van der Waals surface area contributed by atoms with E-state index in [9.17, 15) is 9.59 Å². The third-order valence-corrected chi connectivity index (χ3v) is 2.94. The second-order valence-corrected chi connectivity index (χ2v) is 5.01. The number of primary amides is 1. The summed E-state index contributed by atoms with van der Waals surface area (Å²) >= 11 is 3.32. The van der Waals surface area contributed by atoms with E-state index in [-0.39, 0.29) is 12.5 Å². The van der Waals surface area contributed by atoms with Crippen LogP contribution in [0.15, 0.2) is 28.7 Å². The molecule has 20 heavy (non-hydrogen) atoms. The van der Waals surface area contributed by atoms with Crippen LogP contribution in [0.25, 0.3) is 0 Å². The minimum atomic E-state index is -0.531. The number of ether oxygens (including phenoxy) is 1. The Kier molecular flexibility index (Phi) is 7.49. The van der Waals surface area contributed by atoms with Crippen LogP contribution in [-0.4, -0.2) is 31.6 Å². The number of carbonyl (C=O) groups excluding carboxylic acids is 2. The SMILES string of the molecule is NC(=O)NCCCCNC(=O)COc1ccc(Br)cc1. The number of amides is 3.